The van der Waals surface area contributed by atoms with Gasteiger partial charge in [-0.2, -0.15) is 0 Å². The molecular weight excluding hydrogens is 406 g/mol. The molecule has 0 bridgehead atoms. The van der Waals surface area contributed by atoms with Crippen LogP contribution in [-0.4, -0.2) is 21.5 Å². The molecule has 4 unspecified atom stereocenters. The van der Waals surface area contributed by atoms with E-state index in [1.807, 2.05) is 17.4 Å². The van der Waals surface area contributed by atoms with Crippen LogP contribution in [0.15, 0.2) is 48.2 Å². The third-order valence-electron chi connectivity index (χ3n) is 8.13. The highest BCUT2D eigenvalue weighted by Gasteiger charge is 2.73. The molecule has 7 rings (SSSR count). The maximum Gasteiger partial charge on any atom is 0.225 e. The number of hydrogen-bond donors (Lipinski definition) is 1. The number of carbonyl (C=O) groups excluding carboxylic acids is 1. The van der Waals surface area contributed by atoms with E-state index in [9.17, 15) is 4.79 Å². The average Bonchev–Trinajstić information content (AvgIpc) is 3.15. The first-order valence-electron chi connectivity index (χ1n) is 11.0. The van der Waals surface area contributed by atoms with E-state index in [1.165, 1.54) is 9.71 Å². The summed E-state index contributed by atoms with van der Waals surface area (Å²) in [6, 6.07) is 10.4. The number of para-hydroxylation sites is 1. The molecule has 2 aromatic heterocycles. The maximum absolute atomic E-state index is 11.7. The van der Waals surface area contributed by atoms with Crippen molar-refractivity contribution in [3.63, 3.8) is 0 Å². The fourth-order valence-electron chi connectivity index (χ4n) is 6.22. The van der Waals surface area contributed by atoms with Crippen LogP contribution >= 0.6 is 11.3 Å². The van der Waals surface area contributed by atoms with Gasteiger partial charge in [-0.3, -0.25) is 4.79 Å². The summed E-state index contributed by atoms with van der Waals surface area (Å²) in [5.41, 5.74) is 3.43. The molecule has 2 fully saturated rings. The minimum Gasteiger partial charge on any atom is -0.482 e. The number of ether oxygens (including phenoxy) is 1. The monoisotopic (exact) mass is 429 g/mol. The molecule has 0 radical (unpaired) electrons. The molecule has 156 valence electrons. The number of fused-ring (bicyclic) bond motifs is 5. The van der Waals surface area contributed by atoms with Crippen LogP contribution in [0.5, 0.6) is 5.75 Å². The number of nitrogens with one attached hydrogen (secondary N) is 1. The average molecular weight is 430 g/mol. The van der Waals surface area contributed by atoms with Crippen LogP contribution in [0.2, 0.25) is 0 Å². The molecule has 6 heteroatoms. The van der Waals surface area contributed by atoms with Gasteiger partial charge >= 0.3 is 0 Å². The van der Waals surface area contributed by atoms with E-state index in [0.717, 1.165) is 23.3 Å². The third-order valence-corrected chi connectivity index (χ3v) is 9.26. The number of thiazole rings is 1. The highest BCUT2D eigenvalue weighted by molar-refractivity contribution is 7.18. The third kappa shape index (κ3) is 2.29. The number of rotatable bonds is 3. The van der Waals surface area contributed by atoms with Gasteiger partial charge in [0.2, 0.25) is 5.91 Å². The fourth-order valence-corrected chi connectivity index (χ4v) is 7.42. The largest absolute Gasteiger partial charge is 0.482 e. The second-order valence-electron chi connectivity index (χ2n) is 9.76. The van der Waals surface area contributed by atoms with Crippen LogP contribution in [0.3, 0.4) is 0 Å². The van der Waals surface area contributed by atoms with Crippen molar-refractivity contribution >= 4 is 33.3 Å². The SMILES string of the molecule is CC1(Oc2ccnc3c2CCC(=O)N3)C=C2C3C(C[C@@]21C)C3c1nc2ccccc2s1. The molecule has 3 aromatic rings. The molecule has 1 N–H and O–H groups in total. The van der Waals surface area contributed by atoms with Crippen molar-refractivity contribution in [2.45, 2.75) is 44.6 Å². The van der Waals surface area contributed by atoms with Crippen LogP contribution in [0, 0.1) is 17.3 Å². The Balaban J connectivity index is 1.17. The van der Waals surface area contributed by atoms with Crippen molar-refractivity contribution in [3.05, 3.63) is 58.7 Å². The molecule has 5 nitrogen and oxygen atoms in total. The van der Waals surface area contributed by atoms with Gasteiger partial charge in [-0.05, 0) is 55.9 Å². The standard InChI is InChI=1S/C25H23N3O2S/c1-24-11-14-20(21(14)23-27-16-5-3-4-6-18(16)31-23)15(24)12-25(24,2)30-17-9-10-26-22-13(17)7-8-19(29)28-22/h3-6,9-10,12,14,20-21H,7-8,11H2,1-2H3,(H,26,28,29)/t14?,20?,21?,24-,25?/m0/s1. The summed E-state index contributed by atoms with van der Waals surface area (Å²) in [4.78, 5) is 21.0. The topological polar surface area (TPSA) is 64.1 Å². The zero-order valence-corrected chi connectivity index (χ0v) is 18.3. The number of hydrogen-bond acceptors (Lipinski definition) is 5. The van der Waals surface area contributed by atoms with Crippen LogP contribution < -0.4 is 10.1 Å². The summed E-state index contributed by atoms with van der Waals surface area (Å²) in [5, 5.41) is 4.17. The fraction of sp³-hybridized carbons (Fsp3) is 0.400. The molecule has 0 spiro atoms. The summed E-state index contributed by atoms with van der Waals surface area (Å²) >= 11 is 1.86. The molecule has 2 saturated carbocycles. The van der Waals surface area contributed by atoms with Crippen molar-refractivity contribution in [1.82, 2.24) is 9.97 Å². The molecule has 1 aromatic carbocycles. The van der Waals surface area contributed by atoms with Crippen molar-refractivity contribution in [2.75, 3.05) is 5.32 Å². The van der Waals surface area contributed by atoms with Gasteiger partial charge < -0.3 is 10.1 Å². The van der Waals surface area contributed by atoms with Crippen molar-refractivity contribution in [2.24, 2.45) is 17.3 Å². The highest BCUT2D eigenvalue weighted by atomic mass is 32.1. The van der Waals surface area contributed by atoms with E-state index in [2.05, 4.69) is 54.5 Å². The summed E-state index contributed by atoms with van der Waals surface area (Å²) in [7, 11) is 0. The summed E-state index contributed by atoms with van der Waals surface area (Å²) in [6.07, 6.45) is 6.39. The molecule has 31 heavy (non-hydrogen) atoms. The van der Waals surface area contributed by atoms with Crippen molar-refractivity contribution in [1.29, 1.82) is 0 Å². The number of nitrogens with zero attached hydrogens (tertiary/aromatic N) is 2. The lowest BCUT2D eigenvalue weighted by atomic mass is 9.58. The molecule has 5 atom stereocenters. The minimum absolute atomic E-state index is 0.0259. The number of carbonyl (C=O) groups is 1. The molecule has 3 heterocycles. The molecular formula is C25H23N3O2S. The Bertz CT molecular complexity index is 1280. The second-order valence-corrected chi connectivity index (χ2v) is 10.8. The Morgan fingerprint density at radius 2 is 2.03 bits per heavy atom. The molecule has 3 aliphatic carbocycles. The maximum atomic E-state index is 11.7. The lowest BCUT2D eigenvalue weighted by molar-refractivity contribution is -0.116. The molecule has 1 amide bonds. The first kappa shape index (κ1) is 17.9. The second kappa shape index (κ2) is 5.74. The predicted molar refractivity (Wildman–Crippen MR) is 120 cm³/mol. The van der Waals surface area contributed by atoms with Gasteiger partial charge in [0.15, 0.2) is 0 Å². The highest BCUT2D eigenvalue weighted by Crippen LogP contribution is 2.77. The minimum atomic E-state index is -0.329. The van der Waals surface area contributed by atoms with Gasteiger partial charge in [-0.15, -0.1) is 11.3 Å². The number of aromatic nitrogens is 2. The summed E-state index contributed by atoms with van der Waals surface area (Å²) in [5.74, 6) is 3.40. The zero-order chi connectivity index (χ0) is 21.0. The van der Waals surface area contributed by atoms with Crippen LogP contribution in [0.4, 0.5) is 5.82 Å². The van der Waals surface area contributed by atoms with Crippen LogP contribution in [0.25, 0.3) is 10.2 Å². The van der Waals surface area contributed by atoms with E-state index < -0.39 is 0 Å². The first-order chi connectivity index (χ1) is 15.0. The number of anilines is 1. The number of amides is 1. The Kier molecular flexibility index (Phi) is 3.31. The van der Waals surface area contributed by atoms with Gasteiger partial charge in [0.25, 0.3) is 0 Å². The van der Waals surface area contributed by atoms with E-state index in [0.29, 0.717) is 36.4 Å². The van der Waals surface area contributed by atoms with Gasteiger partial charge in [0.1, 0.15) is 17.2 Å². The number of pyridine rings is 1. The quantitative estimate of drug-likeness (QED) is 0.589. The van der Waals surface area contributed by atoms with Crippen LogP contribution in [-0.2, 0) is 11.2 Å². The van der Waals surface area contributed by atoms with Gasteiger partial charge in [-0.25, -0.2) is 9.97 Å². The smallest absolute Gasteiger partial charge is 0.225 e. The summed E-state index contributed by atoms with van der Waals surface area (Å²) in [6.45, 7) is 4.57. The summed E-state index contributed by atoms with van der Waals surface area (Å²) < 4.78 is 7.95. The normalized spacial score (nSPS) is 34.8. The first-order valence-corrected chi connectivity index (χ1v) is 11.8. The van der Waals surface area contributed by atoms with E-state index in [-0.39, 0.29) is 16.9 Å². The van der Waals surface area contributed by atoms with Crippen molar-refractivity contribution < 1.29 is 9.53 Å². The van der Waals surface area contributed by atoms with Gasteiger partial charge in [0, 0.05) is 29.5 Å². The predicted octanol–water partition coefficient (Wildman–Crippen LogP) is 5.09. The zero-order valence-electron chi connectivity index (χ0n) is 17.5. The lowest BCUT2D eigenvalue weighted by Gasteiger charge is -2.53. The van der Waals surface area contributed by atoms with Gasteiger partial charge in [-0.1, -0.05) is 24.6 Å². The Hall–Kier alpha value is -2.73. The number of benzene rings is 1. The van der Waals surface area contributed by atoms with Gasteiger partial charge in [0.05, 0.1) is 15.2 Å². The van der Waals surface area contributed by atoms with E-state index in [1.54, 1.807) is 11.8 Å². The molecule has 1 aliphatic heterocycles. The van der Waals surface area contributed by atoms with E-state index in [4.69, 9.17) is 9.72 Å². The van der Waals surface area contributed by atoms with Crippen LogP contribution in [0.1, 0.15) is 43.2 Å². The Morgan fingerprint density at radius 3 is 2.87 bits per heavy atom. The lowest BCUT2D eigenvalue weighted by Crippen LogP contribution is -2.55. The molecule has 4 aliphatic rings. The Morgan fingerprint density at radius 1 is 1.16 bits per heavy atom. The van der Waals surface area contributed by atoms with Crippen molar-refractivity contribution in [3.8, 4) is 5.75 Å². The Labute approximate surface area is 184 Å². The van der Waals surface area contributed by atoms with E-state index >= 15 is 0 Å². The molecule has 0 saturated heterocycles.